The fraction of sp³-hybridized carbons (Fsp3) is 0.400. The van der Waals surface area contributed by atoms with E-state index in [0.717, 1.165) is 0 Å². The fourth-order valence-corrected chi connectivity index (χ4v) is 2.54. The van der Waals surface area contributed by atoms with Crippen molar-refractivity contribution in [1.82, 2.24) is 0 Å². The standard InChI is InChI=1S/C5H6ClI/c6-5-2-1-3-7-4-5/h1-3,5H,4H2. The molecule has 0 saturated carbocycles. The van der Waals surface area contributed by atoms with Crippen LogP contribution in [0.4, 0.5) is 0 Å². The van der Waals surface area contributed by atoms with Crippen LogP contribution in [0.2, 0.25) is 0 Å². The molecule has 1 atom stereocenters. The minimum Gasteiger partial charge on any atom is -0.121 e. The van der Waals surface area contributed by atoms with Crippen LogP contribution in [0, 0.1) is 0 Å². The molecular weight excluding hydrogens is 222 g/mol. The van der Waals surface area contributed by atoms with E-state index in [4.69, 9.17) is 11.6 Å². The first-order chi connectivity index (χ1) is 3.39. The van der Waals surface area contributed by atoms with E-state index >= 15 is 0 Å². The van der Waals surface area contributed by atoms with E-state index < -0.39 is 0 Å². The second-order valence-corrected chi connectivity index (χ2v) is 4.38. The number of halogens is 2. The Morgan fingerprint density at radius 1 is 1.71 bits per heavy atom. The van der Waals surface area contributed by atoms with E-state index in [1.54, 1.807) is 0 Å². The summed E-state index contributed by atoms with van der Waals surface area (Å²) < 4.78 is 3.47. The van der Waals surface area contributed by atoms with Crippen LogP contribution in [-0.4, -0.2) is 13.8 Å². The molecule has 0 aromatic heterocycles. The third-order valence-corrected chi connectivity index (χ3v) is 3.92. The maximum Gasteiger partial charge on any atom is 0.0604 e. The SMILES string of the molecule is ClC1C=CC=IC1. The zero-order valence-corrected chi connectivity index (χ0v) is 6.69. The van der Waals surface area contributed by atoms with Crippen LogP contribution in [0.15, 0.2) is 12.2 Å². The molecule has 0 radical (unpaired) electrons. The second kappa shape index (κ2) is 2.82. The highest BCUT2D eigenvalue weighted by atomic mass is 127. The van der Waals surface area contributed by atoms with Gasteiger partial charge in [-0.1, -0.05) is 12.2 Å². The molecule has 0 nitrogen and oxygen atoms in total. The van der Waals surface area contributed by atoms with Gasteiger partial charge in [-0.25, -0.2) is 0 Å². The maximum absolute atomic E-state index is 5.74. The molecule has 1 unspecified atom stereocenters. The number of hydrogen-bond donors (Lipinski definition) is 0. The molecule has 1 aliphatic rings. The van der Waals surface area contributed by atoms with Crippen LogP contribution in [0.5, 0.6) is 0 Å². The monoisotopic (exact) mass is 228 g/mol. The molecule has 0 aromatic rings. The molecule has 7 heavy (non-hydrogen) atoms. The Morgan fingerprint density at radius 3 is 2.86 bits per heavy atom. The molecule has 0 saturated heterocycles. The lowest BCUT2D eigenvalue weighted by molar-refractivity contribution is 1.28. The fourth-order valence-electron chi connectivity index (χ4n) is 0.402. The minimum absolute atomic E-state index is 0.331. The number of rotatable bonds is 0. The predicted molar refractivity (Wildman–Crippen MR) is 43.7 cm³/mol. The molecule has 0 spiro atoms. The first-order valence-corrected chi connectivity index (χ1v) is 5.32. The molecule has 2 heteroatoms. The van der Waals surface area contributed by atoms with Crippen molar-refractivity contribution < 1.29 is 0 Å². The molecule has 40 valence electrons. The van der Waals surface area contributed by atoms with Crippen molar-refractivity contribution in [2.75, 3.05) is 4.43 Å². The highest BCUT2D eigenvalue weighted by Gasteiger charge is 1.96. The molecule has 0 N–H and O–H groups in total. The average molecular weight is 228 g/mol. The summed E-state index contributed by atoms with van der Waals surface area (Å²) in [5.41, 5.74) is 0. The first kappa shape index (κ1) is 5.76. The van der Waals surface area contributed by atoms with Crippen LogP contribution in [-0.2, 0) is 0 Å². The van der Waals surface area contributed by atoms with E-state index in [2.05, 4.69) is 10.1 Å². The van der Waals surface area contributed by atoms with Crippen LogP contribution in [0.3, 0.4) is 0 Å². The minimum atomic E-state index is 0.331. The van der Waals surface area contributed by atoms with E-state index in [1.165, 1.54) is 4.43 Å². The van der Waals surface area contributed by atoms with Gasteiger partial charge in [0, 0.05) is 4.43 Å². The Bertz CT molecular complexity index is 107. The summed E-state index contributed by atoms with van der Waals surface area (Å²) in [7, 11) is 0. The Balaban J connectivity index is 2.49. The van der Waals surface area contributed by atoms with Crippen LogP contribution >= 0.6 is 32.3 Å². The highest BCUT2D eigenvalue weighted by Crippen LogP contribution is 2.10. The second-order valence-electron chi connectivity index (χ2n) is 1.34. The summed E-state index contributed by atoms with van der Waals surface area (Å²) in [6.45, 7) is 0. The van der Waals surface area contributed by atoms with Gasteiger partial charge >= 0.3 is 0 Å². The topological polar surface area (TPSA) is 0 Å². The van der Waals surface area contributed by atoms with Gasteiger partial charge in [0.25, 0.3) is 0 Å². The third kappa shape index (κ3) is 1.91. The van der Waals surface area contributed by atoms with Crippen molar-refractivity contribution in [2.45, 2.75) is 5.38 Å². The van der Waals surface area contributed by atoms with Gasteiger partial charge in [-0.05, 0) is 4.01 Å². The van der Waals surface area contributed by atoms with Gasteiger partial charge in [0.15, 0.2) is 0 Å². The van der Waals surface area contributed by atoms with E-state index in [1.807, 2.05) is 6.08 Å². The van der Waals surface area contributed by atoms with Crippen molar-refractivity contribution >= 4 is 36.3 Å². The summed E-state index contributed by atoms with van der Waals surface area (Å²) in [4.78, 5) is 0. The van der Waals surface area contributed by atoms with Crippen molar-refractivity contribution in [2.24, 2.45) is 0 Å². The molecule has 1 heterocycles. The highest BCUT2D eigenvalue weighted by molar-refractivity contribution is 14.2. The smallest absolute Gasteiger partial charge is 0.0604 e. The van der Waals surface area contributed by atoms with E-state index in [0.29, 0.717) is 26.1 Å². The predicted octanol–water partition coefficient (Wildman–Crippen LogP) is 1.94. The molecule has 1 rings (SSSR count). The molecule has 0 bridgehead atoms. The van der Waals surface area contributed by atoms with Gasteiger partial charge in [0.05, 0.1) is 5.38 Å². The van der Waals surface area contributed by atoms with E-state index in [9.17, 15) is 0 Å². The molecule has 0 amide bonds. The Morgan fingerprint density at radius 2 is 2.57 bits per heavy atom. The van der Waals surface area contributed by atoms with Gasteiger partial charge in [-0.2, -0.15) is 0 Å². The largest absolute Gasteiger partial charge is 0.121 e. The van der Waals surface area contributed by atoms with Crippen molar-refractivity contribution in [1.29, 1.82) is 0 Å². The molecule has 0 aliphatic carbocycles. The summed E-state index contributed by atoms with van der Waals surface area (Å²) in [5, 5.41) is 0.345. The molecule has 0 aromatic carbocycles. The van der Waals surface area contributed by atoms with Gasteiger partial charge < -0.3 is 0 Å². The van der Waals surface area contributed by atoms with Crippen LogP contribution < -0.4 is 0 Å². The number of allylic oxidation sites excluding steroid dienone is 2. The average Bonchev–Trinajstić information content (AvgIpc) is 1.69. The third-order valence-electron chi connectivity index (χ3n) is 0.718. The summed E-state index contributed by atoms with van der Waals surface area (Å²) in [6.07, 6.45) is 4.12. The van der Waals surface area contributed by atoms with Crippen molar-refractivity contribution in [3.8, 4) is 0 Å². The maximum atomic E-state index is 5.74. The van der Waals surface area contributed by atoms with E-state index in [-0.39, 0.29) is 0 Å². The van der Waals surface area contributed by atoms with Crippen molar-refractivity contribution in [3.05, 3.63) is 12.2 Å². The van der Waals surface area contributed by atoms with Gasteiger partial charge in [-0.3, -0.25) is 0 Å². The Kier molecular flexibility index (Phi) is 2.32. The molecular formula is C5H6ClI. The lowest BCUT2D eigenvalue weighted by atomic mass is 10.4. The zero-order chi connectivity index (χ0) is 5.11. The number of hydrogen-bond acceptors (Lipinski definition) is 0. The molecule has 0 fully saturated rings. The van der Waals surface area contributed by atoms with Gasteiger partial charge in [0.2, 0.25) is 0 Å². The lowest BCUT2D eigenvalue weighted by Gasteiger charge is -1.99. The lowest BCUT2D eigenvalue weighted by Crippen LogP contribution is -1.96. The Hall–Kier alpha value is 0.630. The van der Waals surface area contributed by atoms with Crippen LogP contribution in [0.1, 0.15) is 0 Å². The zero-order valence-electron chi connectivity index (χ0n) is 3.77. The quantitative estimate of drug-likeness (QED) is 0.439. The Labute approximate surface area is 58.3 Å². The van der Waals surface area contributed by atoms with Crippen molar-refractivity contribution in [3.63, 3.8) is 0 Å². The summed E-state index contributed by atoms with van der Waals surface area (Å²) >= 11 is 6.07. The summed E-state index contributed by atoms with van der Waals surface area (Å²) in [5.74, 6) is 0. The molecule has 1 aliphatic heterocycles. The first-order valence-electron chi connectivity index (χ1n) is 2.11. The summed E-state index contributed by atoms with van der Waals surface area (Å²) in [6, 6.07) is 0. The van der Waals surface area contributed by atoms with Gasteiger partial charge in [-0.15, -0.1) is 32.3 Å². The normalized spacial score (nSPS) is 29.6. The number of alkyl halides is 2. The van der Waals surface area contributed by atoms with Gasteiger partial charge in [0.1, 0.15) is 0 Å². The van der Waals surface area contributed by atoms with Crippen LogP contribution in [0.25, 0.3) is 0 Å².